The summed E-state index contributed by atoms with van der Waals surface area (Å²) in [5, 5.41) is 0. The molecule has 0 amide bonds. The lowest BCUT2D eigenvalue weighted by molar-refractivity contribution is 0.0889. The van der Waals surface area contributed by atoms with Crippen LogP contribution >= 0.6 is 15.9 Å². The minimum absolute atomic E-state index is 0.314. The van der Waals surface area contributed by atoms with Gasteiger partial charge < -0.3 is 10.5 Å². The van der Waals surface area contributed by atoms with Crippen molar-refractivity contribution in [2.24, 2.45) is 5.73 Å². The van der Waals surface area contributed by atoms with E-state index in [0.29, 0.717) is 15.8 Å². The number of halogens is 3. The zero-order valence-corrected chi connectivity index (χ0v) is 9.64. The average Bonchev–Trinajstić information content (AvgIpc) is 2.67. The van der Waals surface area contributed by atoms with Crippen molar-refractivity contribution >= 4 is 15.9 Å². The van der Waals surface area contributed by atoms with Crippen LogP contribution in [0.4, 0.5) is 8.78 Å². The molecule has 1 aliphatic rings. The van der Waals surface area contributed by atoms with Crippen molar-refractivity contribution in [2.45, 2.75) is 17.9 Å². The summed E-state index contributed by atoms with van der Waals surface area (Å²) in [6.45, 7) is 0. The van der Waals surface area contributed by atoms with E-state index in [4.69, 9.17) is 10.5 Å². The second-order valence-corrected chi connectivity index (χ2v) is 4.47. The summed E-state index contributed by atoms with van der Waals surface area (Å²) < 4.78 is 31.7. The van der Waals surface area contributed by atoms with E-state index in [1.54, 1.807) is 18.2 Å². The number of methoxy groups -OCH3 is 1. The maximum Gasteiger partial charge on any atom is 0.272 e. The molecule has 1 fully saturated rings. The molecule has 1 aromatic carbocycles. The monoisotopic (exact) mass is 277 g/mol. The number of rotatable bonds is 2. The van der Waals surface area contributed by atoms with Gasteiger partial charge in [0.25, 0.3) is 5.92 Å². The molecule has 1 saturated carbocycles. The molecule has 0 heterocycles. The summed E-state index contributed by atoms with van der Waals surface area (Å²) in [6, 6.07) is 4.94. The molecule has 0 aromatic heterocycles. The molecule has 0 radical (unpaired) electrons. The van der Waals surface area contributed by atoms with Gasteiger partial charge in [0.05, 0.1) is 11.6 Å². The van der Waals surface area contributed by atoms with Gasteiger partial charge in [-0.3, -0.25) is 0 Å². The first-order chi connectivity index (χ1) is 6.92. The van der Waals surface area contributed by atoms with Gasteiger partial charge in [-0.1, -0.05) is 12.1 Å². The Labute approximate surface area is 94.5 Å². The van der Waals surface area contributed by atoms with Crippen LogP contribution in [0.25, 0.3) is 0 Å². The smallest absolute Gasteiger partial charge is 0.272 e. The van der Waals surface area contributed by atoms with Gasteiger partial charge in [0.15, 0.2) is 0 Å². The van der Waals surface area contributed by atoms with E-state index < -0.39 is 11.5 Å². The van der Waals surface area contributed by atoms with Gasteiger partial charge >= 0.3 is 0 Å². The van der Waals surface area contributed by atoms with Gasteiger partial charge in [0, 0.05) is 6.42 Å². The molecule has 0 spiro atoms. The van der Waals surface area contributed by atoms with Gasteiger partial charge in [-0.15, -0.1) is 0 Å². The molecule has 1 unspecified atom stereocenters. The summed E-state index contributed by atoms with van der Waals surface area (Å²) in [5.74, 6) is -2.30. The van der Waals surface area contributed by atoms with E-state index in [0.717, 1.165) is 0 Å². The summed E-state index contributed by atoms with van der Waals surface area (Å²) in [4.78, 5) is 0. The lowest BCUT2D eigenvalue weighted by atomic mass is 10.1. The second kappa shape index (κ2) is 3.15. The van der Waals surface area contributed by atoms with Crippen molar-refractivity contribution in [3.63, 3.8) is 0 Å². The molecule has 1 atom stereocenters. The highest BCUT2D eigenvalue weighted by atomic mass is 79.9. The van der Waals surface area contributed by atoms with Crippen LogP contribution < -0.4 is 10.5 Å². The molecule has 2 N–H and O–H groups in total. The van der Waals surface area contributed by atoms with Crippen LogP contribution in [0.15, 0.2) is 22.7 Å². The Morgan fingerprint density at radius 1 is 1.47 bits per heavy atom. The molecular weight excluding hydrogens is 268 g/mol. The van der Waals surface area contributed by atoms with Crippen molar-refractivity contribution in [1.29, 1.82) is 0 Å². The lowest BCUT2D eigenvalue weighted by Gasteiger charge is -2.14. The van der Waals surface area contributed by atoms with E-state index in [-0.39, 0.29) is 6.42 Å². The third-order valence-electron chi connectivity index (χ3n) is 2.69. The molecule has 2 rings (SSSR count). The SMILES string of the molecule is COc1cccc(C2(N)CC2(F)F)c1Br. The van der Waals surface area contributed by atoms with E-state index in [2.05, 4.69) is 15.9 Å². The zero-order chi connectivity index (χ0) is 11.3. The van der Waals surface area contributed by atoms with Crippen LogP contribution in [0, 0.1) is 0 Å². The summed E-state index contributed by atoms with van der Waals surface area (Å²) in [7, 11) is 1.48. The molecule has 5 heteroatoms. The largest absolute Gasteiger partial charge is 0.496 e. The number of nitrogens with two attached hydrogens (primary N) is 1. The fourth-order valence-corrected chi connectivity index (χ4v) is 2.39. The number of benzene rings is 1. The van der Waals surface area contributed by atoms with Crippen LogP contribution in [-0.4, -0.2) is 13.0 Å². The molecular formula is C10H10BrF2NO. The van der Waals surface area contributed by atoms with Crippen LogP contribution in [0.2, 0.25) is 0 Å². The zero-order valence-electron chi connectivity index (χ0n) is 8.06. The Bertz CT molecular complexity index is 410. The number of ether oxygens (including phenoxy) is 1. The number of hydrogen-bond donors (Lipinski definition) is 1. The second-order valence-electron chi connectivity index (χ2n) is 3.67. The minimum Gasteiger partial charge on any atom is -0.496 e. The van der Waals surface area contributed by atoms with Gasteiger partial charge in [-0.2, -0.15) is 0 Å². The van der Waals surface area contributed by atoms with Crippen LogP contribution in [-0.2, 0) is 5.54 Å². The summed E-state index contributed by atoms with van der Waals surface area (Å²) in [6.07, 6.45) is -0.314. The molecule has 0 aliphatic heterocycles. The van der Waals surface area contributed by atoms with Crippen LogP contribution in [0.3, 0.4) is 0 Å². The van der Waals surface area contributed by atoms with Crippen LogP contribution in [0.5, 0.6) is 5.75 Å². The van der Waals surface area contributed by atoms with Crippen molar-refractivity contribution in [2.75, 3.05) is 7.11 Å². The molecule has 82 valence electrons. The third kappa shape index (κ3) is 1.45. The van der Waals surface area contributed by atoms with Crippen molar-refractivity contribution in [3.8, 4) is 5.75 Å². The molecule has 1 aromatic rings. The van der Waals surface area contributed by atoms with E-state index >= 15 is 0 Å². The van der Waals surface area contributed by atoms with E-state index in [1.165, 1.54) is 7.11 Å². The highest BCUT2D eigenvalue weighted by Gasteiger charge is 2.70. The predicted octanol–water partition coefficient (Wildman–Crippen LogP) is 2.65. The Hall–Kier alpha value is -0.680. The highest BCUT2D eigenvalue weighted by molar-refractivity contribution is 9.10. The molecule has 1 aliphatic carbocycles. The molecule has 2 nitrogen and oxygen atoms in total. The minimum atomic E-state index is -2.82. The molecule has 0 saturated heterocycles. The first kappa shape index (κ1) is 10.8. The van der Waals surface area contributed by atoms with Gasteiger partial charge in [-0.25, -0.2) is 8.78 Å². The van der Waals surface area contributed by atoms with Gasteiger partial charge in [0.1, 0.15) is 11.3 Å². The number of hydrogen-bond acceptors (Lipinski definition) is 2. The van der Waals surface area contributed by atoms with Gasteiger partial charge in [0.2, 0.25) is 0 Å². The predicted molar refractivity (Wildman–Crippen MR) is 56.1 cm³/mol. The topological polar surface area (TPSA) is 35.2 Å². The highest BCUT2D eigenvalue weighted by Crippen LogP contribution is 2.59. The van der Waals surface area contributed by atoms with Crippen molar-refractivity contribution < 1.29 is 13.5 Å². The van der Waals surface area contributed by atoms with Gasteiger partial charge in [-0.05, 0) is 27.6 Å². The maximum atomic E-state index is 13.1. The fraction of sp³-hybridized carbons (Fsp3) is 0.400. The Morgan fingerprint density at radius 3 is 2.53 bits per heavy atom. The van der Waals surface area contributed by atoms with Crippen molar-refractivity contribution in [1.82, 2.24) is 0 Å². The average molecular weight is 278 g/mol. The standard InChI is InChI=1S/C10H10BrF2NO/c1-15-7-4-2-3-6(8(7)11)9(14)5-10(9,12)13/h2-4H,5,14H2,1H3. The fourth-order valence-electron chi connectivity index (χ4n) is 1.61. The van der Waals surface area contributed by atoms with E-state index in [1.807, 2.05) is 0 Å². The lowest BCUT2D eigenvalue weighted by Crippen LogP contribution is -2.27. The molecule has 0 bridgehead atoms. The maximum absolute atomic E-state index is 13.1. The summed E-state index contributed by atoms with van der Waals surface area (Å²) in [5.41, 5.74) is 4.49. The summed E-state index contributed by atoms with van der Waals surface area (Å²) >= 11 is 3.23. The Morgan fingerprint density at radius 2 is 2.07 bits per heavy atom. The Kier molecular flexibility index (Phi) is 2.28. The van der Waals surface area contributed by atoms with Crippen molar-refractivity contribution in [3.05, 3.63) is 28.2 Å². The molecule has 15 heavy (non-hydrogen) atoms. The van der Waals surface area contributed by atoms with Crippen LogP contribution in [0.1, 0.15) is 12.0 Å². The normalized spacial score (nSPS) is 27.5. The third-order valence-corrected chi connectivity index (χ3v) is 3.51. The number of alkyl halides is 2. The first-order valence-electron chi connectivity index (χ1n) is 4.42. The Balaban J connectivity index is 2.47. The van der Waals surface area contributed by atoms with E-state index in [9.17, 15) is 8.78 Å². The quantitative estimate of drug-likeness (QED) is 0.902. The first-order valence-corrected chi connectivity index (χ1v) is 5.21.